The number of pyridine rings is 2. The maximum atomic E-state index is 12.4. The van der Waals surface area contributed by atoms with Gasteiger partial charge in [0.25, 0.3) is 0 Å². The van der Waals surface area contributed by atoms with Crippen molar-refractivity contribution < 1.29 is 4.79 Å². The van der Waals surface area contributed by atoms with E-state index in [0.29, 0.717) is 0 Å². The first-order valence-corrected chi connectivity index (χ1v) is 15.1. The topological polar surface area (TPSA) is 67.2 Å². The highest BCUT2D eigenvalue weighted by atomic mass is 79.9. The summed E-state index contributed by atoms with van der Waals surface area (Å²) in [6, 6.07) is 12.3. The lowest BCUT2D eigenvalue weighted by molar-refractivity contribution is -0.120. The molecule has 5 nitrogen and oxygen atoms in total. The summed E-state index contributed by atoms with van der Waals surface area (Å²) in [5, 5.41) is 6.08. The second-order valence-corrected chi connectivity index (χ2v) is 13.0. The average molecular weight is 653 g/mol. The molecule has 4 aliphatic rings. The van der Waals surface area contributed by atoms with Crippen LogP contribution in [-0.4, -0.2) is 21.0 Å². The van der Waals surface area contributed by atoms with Crippen molar-refractivity contribution in [3.05, 3.63) is 68.9 Å². The summed E-state index contributed by atoms with van der Waals surface area (Å²) in [6.45, 7) is 0. The van der Waals surface area contributed by atoms with Crippen molar-refractivity contribution in [2.45, 2.75) is 62.2 Å². The van der Waals surface area contributed by atoms with E-state index in [0.717, 1.165) is 80.4 Å². The SMILES string of the molecule is ClC1=Nc2cnc3ccc(Br)cc3c2C12CCCC2.O=C1Nc2cnc3ccc(Br)cc3c2C12CCCC2. The van der Waals surface area contributed by atoms with Crippen LogP contribution in [0.4, 0.5) is 11.4 Å². The number of halogens is 3. The first-order chi connectivity index (χ1) is 18.4. The van der Waals surface area contributed by atoms with Crippen LogP contribution < -0.4 is 5.32 Å². The molecule has 2 spiro atoms. The molecule has 2 aliphatic heterocycles. The molecule has 2 saturated carbocycles. The molecule has 0 radical (unpaired) electrons. The Morgan fingerprint density at radius 3 is 1.95 bits per heavy atom. The van der Waals surface area contributed by atoms with E-state index in [2.05, 4.69) is 70.3 Å². The minimum Gasteiger partial charge on any atom is -0.324 e. The number of nitrogens with zero attached hydrogens (tertiary/aromatic N) is 3. The Bertz CT molecular complexity index is 1660. The molecular weight excluding hydrogens is 628 g/mol. The van der Waals surface area contributed by atoms with E-state index in [1.54, 1.807) is 6.20 Å². The molecule has 2 fully saturated rings. The van der Waals surface area contributed by atoms with Gasteiger partial charge in [0, 0.05) is 30.8 Å². The molecule has 38 heavy (non-hydrogen) atoms. The first kappa shape index (κ1) is 24.7. The van der Waals surface area contributed by atoms with Crippen molar-refractivity contribution in [2.75, 3.05) is 5.32 Å². The molecule has 1 amide bonds. The molecule has 1 N–H and O–H groups in total. The van der Waals surface area contributed by atoms with E-state index in [9.17, 15) is 4.79 Å². The molecule has 192 valence electrons. The first-order valence-electron chi connectivity index (χ1n) is 13.1. The van der Waals surface area contributed by atoms with Gasteiger partial charge in [-0.25, -0.2) is 4.99 Å². The molecule has 8 heteroatoms. The van der Waals surface area contributed by atoms with Gasteiger partial charge in [-0.15, -0.1) is 0 Å². The van der Waals surface area contributed by atoms with Crippen molar-refractivity contribution in [2.24, 2.45) is 4.99 Å². The monoisotopic (exact) mass is 650 g/mol. The predicted molar refractivity (Wildman–Crippen MR) is 161 cm³/mol. The van der Waals surface area contributed by atoms with E-state index in [4.69, 9.17) is 11.6 Å². The van der Waals surface area contributed by atoms with Crippen molar-refractivity contribution in [1.29, 1.82) is 0 Å². The molecule has 4 aromatic rings. The van der Waals surface area contributed by atoms with Gasteiger partial charge in [-0.2, -0.15) is 0 Å². The summed E-state index contributed by atoms with van der Waals surface area (Å²) in [4.78, 5) is 25.9. The molecular formula is C30H25Br2ClN4O. The number of carbonyl (C=O) groups excluding carboxylic acids is 1. The predicted octanol–water partition coefficient (Wildman–Crippen LogP) is 8.85. The second-order valence-electron chi connectivity index (χ2n) is 10.8. The number of rotatable bonds is 0. The quantitative estimate of drug-likeness (QED) is 0.206. The van der Waals surface area contributed by atoms with Gasteiger partial charge in [-0.05, 0) is 62.1 Å². The third-order valence-corrected chi connectivity index (χ3v) is 10.2. The van der Waals surface area contributed by atoms with Crippen LogP contribution in [0.3, 0.4) is 0 Å². The van der Waals surface area contributed by atoms with Crippen LogP contribution >= 0.6 is 43.5 Å². The molecule has 0 bridgehead atoms. The number of hydrogen-bond donors (Lipinski definition) is 1. The molecule has 0 unspecified atom stereocenters. The number of hydrogen-bond acceptors (Lipinski definition) is 4. The average Bonchev–Trinajstić information content (AvgIpc) is 3.69. The molecule has 2 aromatic heterocycles. The lowest BCUT2D eigenvalue weighted by Crippen LogP contribution is -2.31. The third kappa shape index (κ3) is 3.61. The fraction of sp³-hybridized carbons (Fsp3) is 0.333. The molecule has 4 heterocycles. The minimum absolute atomic E-state index is 0.0428. The summed E-state index contributed by atoms with van der Waals surface area (Å²) < 4.78 is 2.11. The van der Waals surface area contributed by atoms with Crippen LogP contribution in [-0.2, 0) is 15.6 Å². The van der Waals surface area contributed by atoms with E-state index in [1.165, 1.54) is 29.4 Å². The van der Waals surface area contributed by atoms with Gasteiger partial charge in [0.15, 0.2) is 0 Å². The van der Waals surface area contributed by atoms with E-state index in [-0.39, 0.29) is 16.7 Å². The van der Waals surface area contributed by atoms with Gasteiger partial charge < -0.3 is 5.32 Å². The smallest absolute Gasteiger partial charge is 0.235 e. The number of anilines is 1. The molecule has 0 saturated heterocycles. The maximum absolute atomic E-state index is 12.4. The van der Waals surface area contributed by atoms with Crippen LogP contribution in [0.5, 0.6) is 0 Å². The number of carbonyl (C=O) groups is 1. The van der Waals surface area contributed by atoms with Crippen molar-refractivity contribution in [3.8, 4) is 0 Å². The number of benzene rings is 2. The van der Waals surface area contributed by atoms with Crippen LogP contribution in [0.1, 0.15) is 62.5 Å². The third-order valence-electron chi connectivity index (χ3n) is 8.81. The van der Waals surface area contributed by atoms with Gasteiger partial charge in [-0.3, -0.25) is 14.8 Å². The fourth-order valence-corrected chi connectivity index (χ4v) is 8.18. The summed E-state index contributed by atoms with van der Waals surface area (Å²) in [5.74, 6) is 0.161. The highest BCUT2D eigenvalue weighted by Gasteiger charge is 2.49. The maximum Gasteiger partial charge on any atom is 0.235 e. The van der Waals surface area contributed by atoms with Crippen LogP contribution in [0.25, 0.3) is 21.8 Å². The van der Waals surface area contributed by atoms with Gasteiger partial charge >= 0.3 is 0 Å². The Hall–Kier alpha value is -2.35. The Morgan fingerprint density at radius 1 is 0.763 bits per heavy atom. The normalized spacial score (nSPS) is 20.0. The number of aliphatic imine (C=N–C) groups is 1. The van der Waals surface area contributed by atoms with E-state index >= 15 is 0 Å². The molecule has 8 rings (SSSR count). The Balaban J connectivity index is 0.000000127. The van der Waals surface area contributed by atoms with E-state index < -0.39 is 0 Å². The largest absolute Gasteiger partial charge is 0.324 e. The van der Waals surface area contributed by atoms with Crippen LogP contribution in [0, 0.1) is 0 Å². The highest BCUT2D eigenvalue weighted by molar-refractivity contribution is 9.10. The van der Waals surface area contributed by atoms with Gasteiger partial charge in [0.2, 0.25) is 5.91 Å². The van der Waals surface area contributed by atoms with Crippen molar-refractivity contribution in [1.82, 2.24) is 9.97 Å². The molecule has 2 aliphatic carbocycles. The van der Waals surface area contributed by atoms with Gasteiger partial charge in [0.05, 0.1) is 45.6 Å². The lowest BCUT2D eigenvalue weighted by atomic mass is 9.78. The molecule has 2 aromatic carbocycles. The standard InChI is InChI=1S/C15H12BrClN2.C15H13BrN2O/c16-9-3-4-11-10(7-9)13-12(8-18-11)19-14(17)15(13)5-1-2-6-15;16-9-3-4-11-10(7-9)13-12(8-17-11)18-14(19)15(13)5-1-2-6-15/h3-4,7-8H,1-2,5-6H2;3-4,7-8H,1-2,5-6H2,(H,18,19). The van der Waals surface area contributed by atoms with Crippen LogP contribution in [0.2, 0.25) is 0 Å². The van der Waals surface area contributed by atoms with Crippen molar-refractivity contribution >= 4 is 87.7 Å². The molecule has 0 atom stereocenters. The summed E-state index contributed by atoms with van der Waals surface area (Å²) in [6.07, 6.45) is 12.5. The Labute approximate surface area is 242 Å². The summed E-state index contributed by atoms with van der Waals surface area (Å²) in [7, 11) is 0. The van der Waals surface area contributed by atoms with Crippen LogP contribution in [0.15, 0.2) is 62.7 Å². The summed E-state index contributed by atoms with van der Waals surface area (Å²) >= 11 is 13.6. The zero-order valence-electron chi connectivity index (χ0n) is 20.7. The number of nitrogens with one attached hydrogen (secondary N) is 1. The second kappa shape index (κ2) is 9.10. The minimum atomic E-state index is -0.308. The van der Waals surface area contributed by atoms with Gasteiger partial charge in [-0.1, -0.05) is 69.1 Å². The van der Waals surface area contributed by atoms with Crippen molar-refractivity contribution in [3.63, 3.8) is 0 Å². The van der Waals surface area contributed by atoms with Gasteiger partial charge in [0.1, 0.15) is 5.17 Å². The van der Waals surface area contributed by atoms with E-state index in [1.807, 2.05) is 24.4 Å². The summed E-state index contributed by atoms with van der Waals surface area (Å²) in [5.41, 5.74) is 5.95. The zero-order chi connectivity index (χ0) is 26.1. The zero-order valence-corrected chi connectivity index (χ0v) is 24.6. The lowest BCUT2D eigenvalue weighted by Gasteiger charge is -2.24. The number of amides is 1. The number of aromatic nitrogens is 2. The number of fused-ring (bicyclic) bond motifs is 8. The Kier molecular flexibility index (Phi) is 5.91. The Morgan fingerprint density at radius 2 is 1.32 bits per heavy atom. The fourth-order valence-electron chi connectivity index (χ4n) is 7.08. The highest BCUT2D eigenvalue weighted by Crippen LogP contribution is 2.54.